The van der Waals surface area contributed by atoms with Crippen LogP contribution in [0.15, 0.2) is 27.4 Å². The number of hydrogen-bond donors (Lipinski definition) is 2. The normalized spacial score (nSPS) is 12.7. The van der Waals surface area contributed by atoms with Crippen LogP contribution >= 0.6 is 43.5 Å². The van der Waals surface area contributed by atoms with E-state index in [1.165, 1.54) is 0 Å². The van der Waals surface area contributed by atoms with Crippen molar-refractivity contribution in [2.75, 3.05) is 0 Å². The monoisotopic (exact) mass is 407 g/mol. The maximum Gasteiger partial charge on any atom is 0.107 e. The number of hydrazine groups is 1. The molecule has 8 heteroatoms. The van der Waals surface area contributed by atoms with Crippen molar-refractivity contribution in [3.63, 3.8) is 0 Å². The lowest BCUT2D eigenvalue weighted by molar-refractivity contribution is 0.534. The predicted molar refractivity (Wildman–Crippen MR) is 81.7 cm³/mol. The smallest absolute Gasteiger partial charge is 0.107 e. The SMILES string of the molecule is CCn1ncc(Cl)c1C(NN)c1ncc(Br)cc1Br. The van der Waals surface area contributed by atoms with Crippen molar-refractivity contribution in [1.29, 1.82) is 0 Å². The van der Waals surface area contributed by atoms with Crippen molar-refractivity contribution >= 4 is 43.5 Å². The number of pyridine rings is 1. The summed E-state index contributed by atoms with van der Waals surface area (Å²) in [5.41, 5.74) is 4.29. The number of hydrogen-bond acceptors (Lipinski definition) is 4. The van der Waals surface area contributed by atoms with Crippen molar-refractivity contribution in [1.82, 2.24) is 20.2 Å². The molecule has 102 valence electrons. The average Bonchev–Trinajstić information content (AvgIpc) is 2.74. The molecular weight excluding hydrogens is 397 g/mol. The first-order valence-corrected chi connectivity index (χ1v) is 7.53. The second kappa shape index (κ2) is 6.32. The number of nitrogens with zero attached hydrogens (tertiary/aromatic N) is 3. The Labute approximate surface area is 132 Å². The van der Waals surface area contributed by atoms with Crippen molar-refractivity contribution < 1.29 is 0 Å². The highest BCUT2D eigenvalue weighted by Gasteiger charge is 2.24. The van der Waals surface area contributed by atoms with E-state index in [0.29, 0.717) is 11.6 Å². The molecule has 1 unspecified atom stereocenters. The van der Waals surface area contributed by atoms with Crippen LogP contribution in [0.5, 0.6) is 0 Å². The predicted octanol–water partition coefficient (Wildman–Crippen LogP) is 3.03. The lowest BCUT2D eigenvalue weighted by Crippen LogP contribution is -2.31. The summed E-state index contributed by atoms with van der Waals surface area (Å²) >= 11 is 13.1. The molecule has 0 fully saturated rings. The zero-order valence-electron chi connectivity index (χ0n) is 10.1. The third kappa shape index (κ3) is 3.00. The molecule has 0 aliphatic heterocycles. The molecule has 5 nitrogen and oxygen atoms in total. The van der Waals surface area contributed by atoms with Gasteiger partial charge in [0, 0.05) is 21.7 Å². The molecule has 2 aromatic rings. The Morgan fingerprint density at radius 1 is 1.47 bits per heavy atom. The standard InChI is InChI=1S/C11H12Br2ClN5/c1-2-19-11(8(14)5-17-19)10(18-15)9-7(13)3-6(12)4-16-9/h3-5,10,18H,2,15H2,1H3. The van der Waals surface area contributed by atoms with Gasteiger partial charge in [-0.2, -0.15) is 5.10 Å². The van der Waals surface area contributed by atoms with Crippen LogP contribution in [-0.2, 0) is 6.54 Å². The Morgan fingerprint density at radius 3 is 2.79 bits per heavy atom. The fourth-order valence-corrected chi connectivity index (χ4v) is 3.30. The number of aromatic nitrogens is 3. The van der Waals surface area contributed by atoms with E-state index in [1.807, 2.05) is 13.0 Å². The van der Waals surface area contributed by atoms with E-state index in [9.17, 15) is 0 Å². The molecule has 0 saturated carbocycles. The molecule has 0 spiro atoms. The lowest BCUT2D eigenvalue weighted by atomic mass is 10.1. The highest BCUT2D eigenvalue weighted by atomic mass is 79.9. The molecule has 0 aliphatic carbocycles. The van der Waals surface area contributed by atoms with Crippen LogP contribution in [0, 0.1) is 0 Å². The van der Waals surface area contributed by atoms with E-state index in [4.69, 9.17) is 17.4 Å². The Kier molecular flexibility index (Phi) is 4.97. The maximum atomic E-state index is 6.20. The molecule has 2 aromatic heterocycles. The summed E-state index contributed by atoms with van der Waals surface area (Å²) < 4.78 is 3.52. The van der Waals surface area contributed by atoms with Gasteiger partial charge < -0.3 is 0 Å². The van der Waals surface area contributed by atoms with E-state index >= 15 is 0 Å². The van der Waals surface area contributed by atoms with Crippen LogP contribution in [-0.4, -0.2) is 14.8 Å². The summed E-state index contributed by atoms with van der Waals surface area (Å²) in [6.45, 7) is 2.69. The molecule has 0 amide bonds. The van der Waals surface area contributed by atoms with Crippen molar-refractivity contribution in [3.05, 3.63) is 43.8 Å². The van der Waals surface area contributed by atoms with Gasteiger partial charge in [-0.1, -0.05) is 11.6 Å². The molecule has 0 radical (unpaired) electrons. The fourth-order valence-electron chi connectivity index (χ4n) is 1.84. The van der Waals surface area contributed by atoms with E-state index in [1.54, 1.807) is 17.1 Å². The Morgan fingerprint density at radius 2 is 2.21 bits per heavy atom. The third-order valence-corrected chi connectivity index (χ3v) is 4.04. The van der Waals surface area contributed by atoms with Crippen LogP contribution in [0.3, 0.4) is 0 Å². The summed E-state index contributed by atoms with van der Waals surface area (Å²) in [5.74, 6) is 5.67. The van der Waals surface area contributed by atoms with Gasteiger partial charge in [-0.3, -0.25) is 15.5 Å². The van der Waals surface area contributed by atoms with Crippen LogP contribution in [0.2, 0.25) is 5.02 Å². The van der Waals surface area contributed by atoms with Crippen LogP contribution in [0.4, 0.5) is 0 Å². The number of halogens is 3. The Hall–Kier alpha value is -0.470. The summed E-state index contributed by atoms with van der Waals surface area (Å²) in [5, 5.41) is 4.77. The number of nitrogens with two attached hydrogens (primary N) is 1. The third-order valence-electron chi connectivity index (χ3n) is 2.68. The van der Waals surface area contributed by atoms with Gasteiger partial charge in [0.25, 0.3) is 0 Å². The van der Waals surface area contributed by atoms with Crippen molar-refractivity contribution in [2.45, 2.75) is 19.5 Å². The zero-order valence-corrected chi connectivity index (χ0v) is 14.0. The van der Waals surface area contributed by atoms with Gasteiger partial charge in [0.2, 0.25) is 0 Å². The maximum absolute atomic E-state index is 6.20. The molecule has 0 saturated heterocycles. The molecular formula is C11H12Br2ClN5. The molecule has 2 rings (SSSR count). The first-order chi connectivity index (χ1) is 9.08. The van der Waals surface area contributed by atoms with Crippen molar-refractivity contribution in [2.24, 2.45) is 5.84 Å². The molecule has 2 heterocycles. The average molecular weight is 410 g/mol. The van der Waals surface area contributed by atoms with Gasteiger partial charge in [-0.25, -0.2) is 5.43 Å². The molecule has 1 atom stereocenters. The zero-order chi connectivity index (χ0) is 14.0. The van der Waals surface area contributed by atoms with Gasteiger partial charge in [-0.15, -0.1) is 0 Å². The van der Waals surface area contributed by atoms with Crippen molar-refractivity contribution in [3.8, 4) is 0 Å². The fraction of sp³-hybridized carbons (Fsp3) is 0.273. The largest absolute Gasteiger partial charge is 0.270 e. The van der Waals surface area contributed by atoms with E-state index in [0.717, 1.165) is 20.3 Å². The van der Waals surface area contributed by atoms with Gasteiger partial charge in [0.05, 0.1) is 22.6 Å². The van der Waals surface area contributed by atoms with Gasteiger partial charge in [0.1, 0.15) is 6.04 Å². The molecule has 0 aliphatic rings. The number of aryl methyl sites for hydroxylation is 1. The Bertz CT molecular complexity index is 586. The first-order valence-electron chi connectivity index (χ1n) is 5.56. The minimum Gasteiger partial charge on any atom is -0.270 e. The highest BCUT2D eigenvalue weighted by Crippen LogP contribution is 2.31. The molecule has 0 aromatic carbocycles. The van der Waals surface area contributed by atoms with Crippen LogP contribution < -0.4 is 11.3 Å². The highest BCUT2D eigenvalue weighted by molar-refractivity contribution is 9.11. The molecule has 0 bridgehead atoms. The number of nitrogens with one attached hydrogen (secondary N) is 1. The quantitative estimate of drug-likeness (QED) is 0.602. The van der Waals surface area contributed by atoms with E-state index < -0.39 is 0 Å². The van der Waals surface area contributed by atoms with Crippen LogP contribution in [0.25, 0.3) is 0 Å². The Balaban J connectivity index is 2.52. The number of rotatable bonds is 4. The first kappa shape index (κ1) is 14.9. The topological polar surface area (TPSA) is 68.8 Å². The second-order valence-electron chi connectivity index (χ2n) is 3.81. The van der Waals surface area contributed by atoms with E-state index in [2.05, 4.69) is 47.4 Å². The van der Waals surface area contributed by atoms with Gasteiger partial charge >= 0.3 is 0 Å². The van der Waals surface area contributed by atoms with Gasteiger partial charge in [-0.05, 0) is 44.8 Å². The summed E-state index contributed by atoms with van der Waals surface area (Å²) in [4.78, 5) is 4.39. The lowest BCUT2D eigenvalue weighted by Gasteiger charge is -2.18. The minimum absolute atomic E-state index is 0.336. The second-order valence-corrected chi connectivity index (χ2v) is 5.99. The molecule has 19 heavy (non-hydrogen) atoms. The minimum atomic E-state index is -0.336. The summed E-state index contributed by atoms with van der Waals surface area (Å²) in [7, 11) is 0. The summed E-state index contributed by atoms with van der Waals surface area (Å²) in [6.07, 6.45) is 3.32. The van der Waals surface area contributed by atoms with Crippen LogP contribution in [0.1, 0.15) is 24.4 Å². The van der Waals surface area contributed by atoms with E-state index in [-0.39, 0.29) is 6.04 Å². The molecule has 3 N–H and O–H groups in total. The van der Waals surface area contributed by atoms with Gasteiger partial charge in [0.15, 0.2) is 0 Å². The summed E-state index contributed by atoms with van der Waals surface area (Å²) in [6, 6.07) is 1.57.